The fraction of sp³-hybridized carbons (Fsp3) is 0.100. The zero-order valence-corrected chi connectivity index (χ0v) is 17.8. The van der Waals surface area contributed by atoms with Crippen molar-refractivity contribution in [2.45, 2.75) is 16.5 Å². The van der Waals surface area contributed by atoms with Gasteiger partial charge in [-0.1, -0.05) is 0 Å². The summed E-state index contributed by atoms with van der Waals surface area (Å²) in [6.07, 6.45) is 3.74. The number of carboxylic acids is 2. The summed E-state index contributed by atoms with van der Waals surface area (Å²) < 4.78 is 54.4. The molecule has 2 aromatic heterocycles. The number of halogens is 2. The van der Waals surface area contributed by atoms with Gasteiger partial charge in [0.2, 0.25) is 9.84 Å². The number of hydrogen-bond acceptors (Lipinski definition) is 7. The average molecular weight is 480 g/mol. The lowest BCUT2D eigenvalue weighted by atomic mass is 10.3. The third-order valence-corrected chi connectivity index (χ3v) is 5.51. The molecule has 0 aliphatic heterocycles. The highest BCUT2D eigenvalue weighted by Gasteiger charge is 2.26. The number of nitrogens with one attached hydrogen (secondary N) is 1. The lowest BCUT2D eigenvalue weighted by Crippen LogP contribution is -2.12. The van der Waals surface area contributed by atoms with Crippen LogP contribution in [0.5, 0.6) is 0 Å². The van der Waals surface area contributed by atoms with Crippen LogP contribution in [-0.2, 0) is 26.0 Å². The monoisotopic (exact) mass is 480 g/mol. The predicted octanol–water partition coefficient (Wildman–Crippen LogP) is 1.81. The summed E-state index contributed by atoms with van der Waals surface area (Å²) in [6, 6.07) is 6.94. The molecular weight excluding hydrogens is 462 g/mol. The number of carbonyl (C=O) groups is 2. The van der Waals surface area contributed by atoms with Crippen molar-refractivity contribution in [1.82, 2.24) is 20.1 Å². The minimum Gasteiger partial charge on any atom is -0.478 e. The van der Waals surface area contributed by atoms with E-state index in [4.69, 9.17) is 10.2 Å². The number of pyridine rings is 1. The van der Waals surface area contributed by atoms with Crippen LogP contribution in [0.3, 0.4) is 0 Å². The molecule has 0 aliphatic rings. The molecule has 0 spiro atoms. The first-order valence-corrected chi connectivity index (χ1v) is 10.5. The molecule has 0 radical (unpaired) electrons. The van der Waals surface area contributed by atoms with Crippen molar-refractivity contribution in [3.8, 4) is 5.69 Å². The van der Waals surface area contributed by atoms with Gasteiger partial charge in [0.1, 0.15) is 17.3 Å². The van der Waals surface area contributed by atoms with Crippen LogP contribution in [-0.4, -0.2) is 52.4 Å². The van der Waals surface area contributed by atoms with Crippen molar-refractivity contribution in [1.29, 1.82) is 0 Å². The predicted molar refractivity (Wildman–Crippen MR) is 110 cm³/mol. The molecule has 10 nitrogen and oxygen atoms in total. The van der Waals surface area contributed by atoms with E-state index >= 15 is 0 Å². The molecule has 0 aliphatic carbocycles. The number of sulfone groups is 1. The number of nitrogens with zero attached hydrogens (tertiary/aromatic N) is 3. The second-order valence-electron chi connectivity index (χ2n) is 6.21. The van der Waals surface area contributed by atoms with Gasteiger partial charge in [-0.25, -0.2) is 31.5 Å². The molecule has 0 saturated carbocycles. The van der Waals surface area contributed by atoms with Crippen molar-refractivity contribution >= 4 is 21.8 Å². The number of carboxylic acid groups (broad SMARTS) is 2. The molecule has 0 atom stereocenters. The largest absolute Gasteiger partial charge is 0.478 e. The molecule has 3 aromatic rings. The third-order valence-electron chi connectivity index (χ3n) is 3.81. The second-order valence-corrected chi connectivity index (χ2v) is 8.11. The van der Waals surface area contributed by atoms with Gasteiger partial charge < -0.3 is 15.5 Å². The van der Waals surface area contributed by atoms with Crippen molar-refractivity contribution in [3.63, 3.8) is 0 Å². The van der Waals surface area contributed by atoms with Crippen LogP contribution in [0.1, 0.15) is 5.69 Å². The lowest BCUT2D eigenvalue weighted by Gasteiger charge is -2.09. The van der Waals surface area contributed by atoms with E-state index in [1.54, 1.807) is 7.05 Å². The highest BCUT2D eigenvalue weighted by Crippen LogP contribution is 2.25. The van der Waals surface area contributed by atoms with Crippen LogP contribution in [0.2, 0.25) is 0 Å². The normalized spacial score (nSPS) is 11.1. The number of rotatable bonds is 7. The van der Waals surface area contributed by atoms with Gasteiger partial charge in [0, 0.05) is 43.2 Å². The molecule has 13 heteroatoms. The first kappa shape index (κ1) is 25.3. The molecule has 2 heterocycles. The van der Waals surface area contributed by atoms with E-state index in [0.717, 1.165) is 22.9 Å². The third kappa shape index (κ3) is 6.75. The van der Waals surface area contributed by atoms with Crippen molar-refractivity contribution in [3.05, 3.63) is 78.3 Å². The van der Waals surface area contributed by atoms with Crippen LogP contribution >= 0.6 is 0 Å². The summed E-state index contributed by atoms with van der Waals surface area (Å²) >= 11 is 0. The molecule has 0 amide bonds. The molecule has 1 aromatic carbocycles. The fourth-order valence-electron chi connectivity index (χ4n) is 2.46. The number of benzene rings is 1. The van der Waals surface area contributed by atoms with Crippen molar-refractivity contribution in [2.24, 2.45) is 0 Å². The van der Waals surface area contributed by atoms with Gasteiger partial charge in [0.25, 0.3) is 0 Å². The zero-order valence-electron chi connectivity index (χ0n) is 17.0. The SMILES string of the molecule is CNCc1cc(S(=O)(=O)c2cccnc2)n(-c2cc(F)ccc2F)n1.O=C(O)/C=C/C(=O)O. The quantitative estimate of drug-likeness (QED) is 0.430. The highest BCUT2D eigenvalue weighted by atomic mass is 32.2. The first-order valence-electron chi connectivity index (χ1n) is 9.04. The van der Waals surface area contributed by atoms with E-state index in [-0.39, 0.29) is 22.2 Å². The summed E-state index contributed by atoms with van der Waals surface area (Å²) in [5.41, 5.74) is 0.0819. The van der Waals surface area contributed by atoms with E-state index in [0.29, 0.717) is 17.8 Å². The number of aromatic nitrogens is 3. The number of aliphatic carboxylic acids is 2. The van der Waals surface area contributed by atoms with Crippen LogP contribution in [0.15, 0.2) is 70.9 Å². The highest BCUT2D eigenvalue weighted by molar-refractivity contribution is 7.91. The molecule has 0 bridgehead atoms. The van der Waals surface area contributed by atoms with Crippen molar-refractivity contribution < 1.29 is 37.0 Å². The fourth-order valence-corrected chi connectivity index (χ4v) is 3.82. The van der Waals surface area contributed by atoms with Gasteiger partial charge in [-0.15, -0.1) is 0 Å². The Balaban J connectivity index is 0.000000414. The maximum absolute atomic E-state index is 14.2. The summed E-state index contributed by atoms with van der Waals surface area (Å²) in [5, 5.41) is 22.3. The lowest BCUT2D eigenvalue weighted by molar-refractivity contribution is -0.134. The maximum Gasteiger partial charge on any atom is 0.328 e. The maximum atomic E-state index is 14.2. The smallest absolute Gasteiger partial charge is 0.328 e. The Bertz CT molecular complexity index is 1260. The van der Waals surface area contributed by atoms with Crippen LogP contribution < -0.4 is 5.32 Å². The Morgan fingerprint density at radius 3 is 2.33 bits per heavy atom. The molecule has 0 unspecified atom stereocenters. The standard InChI is InChI=1S/C16H14F2N4O2S.C4H4O4/c1-19-9-12-8-16(25(23,24)13-3-2-6-20-10-13)22(21-12)15-7-11(17)4-5-14(15)18;5-3(6)1-2-4(7)8/h2-8,10,19H,9H2,1H3;1-2H,(H,5,6)(H,7,8)/b;2-1+. The van der Waals surface area contributed by atoms with E-state index in [9.17, 15) is 26.8 Å². The molecular formula is C20H18F2N4O6S. The molecule has 0 fully saturated rings. The molecule has 3 N–H and O–H groups in total. The molecule has 33 heavy (non-hydrogen) atoms. The number of hydrogen-bond donors (Lipinski definition) is 3. The Kier molecular flexibility index (Phi) is 8.48. The summed E-state index contributed by atoms with van der Waals surface area (Å²) in [5.74, 6) is -4.00. The van der Waals surface area contributed by atoms with Crippen molar-refractivity contribution in [2.75, 3.05) is 7.05 Å². The Morgan fingerprint density at radius 2 is 1.79 bits per heavy atom. The zero-order chi connectivity index (χ0) is 24.6. The Morgan fingerprint density at radius 1 is 1.12 bits per heavy atom. The second kappa shape index (κ2) is 11.1. The molecule has 174 valence electrons. The first-order chi connectivity index (χ1) is 15.6. The van der Waals surface area contributed by atoms with Gasteiger partial charge in [0.05, 0.1) is 10.6 Å². The topological polar surface area (TPSA) is 151 Å². The molecule has 3 rings (SSSR count). The average Bonchev–Trinajstić information content (AvgIpc) is 3.20. The van der Waals surface area contributed by atoms with E-state index < -0.39 is 33.4 Å². The minimum atomic E-state index is -4.02. The van der Waals surface area contributed by atoms with Gasteiger partial charge in [0.15, 0.2) is 5.03 Å². The summed E-state index contributed by atoms with van der Waals surface area (Å²) in [6.45, 7) is 0.263. The minimum absolute atomic E-state index is 0.0658. The summed E-state index contributed by atoms with van der Waals surface area (Å²) in [4.78, 5) is 22.8. The van der Waals surface area contributed by atoms with Gasteiger partial charge >= 0.3 is 11.9 Å². The van der Waals surface area contributed by atoms with Crippen LogP contribution in [0.4, 0.5) is 8.78 Å². The van der Waals surface area contributed by atoms with Gasteiger partial charge in [-0.3, -0.25) is 4.98 Å². The van der Waals surface area contributed by atoms with Gasteiger partial charge in [-0.2, -0.15) is 5.10 Å². The Hall–Kier alpha value is -3.97. The van der Waals surface area contributed by atoms with E-state index in [1.807, 2.05) is 0 Å². The van der Waals surface area contributed by atoms with Crippen LogP contribution in [0, 0.1) is 11.6 Å². The van der Waals surface area contributed by atoms with Gasteiger partial charge in [-0.05, 0) is 31.3 Å². The Labute approximate surface area is 186 Å². The van der Waals surface area contributed by atoms with E-state index in [2.05, 4.69) is 15.4 Å². The van der Waals surface area contributed by atoms with Crippen LogP contribution in [0.25, 0.3) is 5.69 Å². The molecule has 0 saturated heterocycles. The summed E-state index contributed by atoms with van der Waals surface area (Å²) in [7, 11) is -2.36. The van der Waals surface area contributed by atoms with E-state index in [1.165, 1.54) is 30.6 Å².